The normalized spacial score (nSPS) is 10.8. The van der Waals surface area contributed by atoms with E-state index in [0.29, 0.717) is 12.4 Å². The standard InChI is InChI=1S/C24H31NO5/c1-6-28-18-10-12-19(13-11-18)29-15-23(27)30-14-22(26)25-24-20(16(2)3)8-7-9-21(24)17(4)5/h7-13,16-17H,6,14-15H2,1-5H3,(H,25,26). The summed E-state index contributed by atoms with van der Waals surface area (Å²) in [5, 5.41) is 2.92. The molecule has 0 heterocycles. The molecule has 0 aromatic heterocycles. The minimum Gasteiger partial charge on any atom is -0.494 e. The molecule has 0 atom stereocenters. The van der Waals surface area contributed by atoms with Gasteiger partial charge >= 0.3 is 5.97 Å². The maximum absolute atomic E-state index is 12.4. The number of para-hydroxylation sites is 1. The van der Waals surface area contributed by atoms with Crippen molar-refractivity contribution in [1.29, 1.82) is 0 Å². The van der Waals surface area contributed by atoms with Gasteiger partial charge in [0.05, 0.1) is 6.61 Å². The van der Waals surface area contributed by atoms with E-state index >= 15 is 0 Å². The van der Waals surface area contributed by atoms with Crippen molar-refractivity contribution in [2.24, 2.45) is 0 Å². The first-order valence-electron chi connectivity index (χ1n) is 10.3. The molecule has 0 aliphatic rings. The van der Waals surface area contributed by atoms with Crippen LogP contribution in [-0.4, -0.2) is 31.7 Å². The highest BCUT2D eigenvalue weighted by Gasteiger charge is 2.17. The topological polar surface area (TPSA) is 73.9 Å². The molecule has 0 spiro atoms. The zero-order valence-corrected chi connectivity index (χ0v) is 18.4. The Balaban J connectivity index is 1.88. The highest BCUT2D eigenvalue weighted by Crippen LogP contribution is 2.32. The minimum absolute atomic E-state index is 0.254. The zero-order chi connectivity index (χ0) is 22.1. The predicted molar refractivity (Wildman–Crippen MR) is 117 cm³/mol. The van der Waals surface area contributed by atoms with Gasteiger partial charge in [0.15, 0.2) is 13.2 Å². The average molecular weight is 414 g/mol. The quantitative estimate of drug-likeness (QED) is 0.561. The second-order valence-electron chi connectivity index (χ2n) is 7.52. The average Bonchev–Trinajstić information content (AvgIpc) is 2.71. The molecular formula is C24H31NO5. The number of amides is 1. The summed E-state index contributed by atoms with van der Waals surface area (Å²) in [5.74, 6) is 0.770. The summed E-state index contributed by atoms with van der Waals surface area (Å²) in [6.07, 6.45) is 0. The summed E-state index contributed by atoms with van der Waals surface area (Å²) in [6, 6.07) is 12.9. The largest absolute Gasteiger partial charge is 0.494 e. The monoisotopic (exact) mass is 413 g/mol. The number of hydrogen-bond acceptors (Lipinski definition) is 5. The SMILES string of the molecule is CCOc1ccc(OCC(=O)OCC(=O)Nc2c(C(C)C)cccc2C(C)C)cc1. The van der Waals surface area contributed by atoms with Crippen LogP contribution in [0.15, 0.2) is 42.5 Å². The molecule has 0 saturated carbocycles. The Labute approximate surface area is 178 Å². The molecule has 6 heteroatoms. The fourth-order valence-corrected chi connectivity index (χ4v) is 3.00. The van der Waals surface area contributed by atoms with E-state index < -0.39 is 5.97 Å². The lowest BCUT2D eigenvalue weighted by molar-refractivity contribution is -0.149. The first-order chi connectivity index (χ1) is 14.3. The van der Waals surface area contributed by atoms with Crippen LogP contribution in [0.25, 0.3) is 0 Å². The molecule has 0 unspecified atom stereocenters. The van der Waals surface area contributed by atoms with E-state index in [9.17, 15) is 9.59 Å². The van der Waals surface area contributed by atoms with Crippen LogP contribution in [0.2, 0.25) is 0 Å². The van der Waals surface area contributed by atoms with Gasteiger partial charge in [-0.3, -0.25) is 4.79 Å². The minimum atomic E-state index is -0.611. The van der Waals surface area contributed by atoms with E-state index in [0.717, 1.165) is 22.6 Å². The van der Waals surface area contributed by atoms with Crippen molar-refractivity contribution in [3.63, 3.8) is 0 Å². The molecule has 162 valence electrons. The molecule has 2 aromatic rings. The summed E-state index contributed by atoms with van der Waals surface area (Å²) in [5.41, 5.74) is 2.91. The summed E-state index contributed by atoms with van der Waals surface area (Å²) in [4.78, 5) is 24.3. The molecule has 0 fully saturated rings. The Morgan fingerprint density at radius 3 is 1.87 bits per heavy atom. The van der Waals surface area contributed by atoms with Crippen molar-refractivity contribution in [2.45, 2.75) is 46.5 Å². The molecule has 0 saturated heterocycles. The Kier molecular flexibility index (Phi) is 8.71. The van der Waals surface area contributed by atoms with Gasteiger partial charge in [-0.25, -0.2) is 4.79 Å². The number of nitrogens with one attached hydrogen (secondary N) is 1. The molecule has 0 bridgehead atoms. The molecular weight excluding hydrogens is 382 g/mol. The van der Waals surface area contributed by atoms with Crippen molar-refractivity contribution in [3.8, 4) is 11.5 Å². The molecule has 1 N–H and O–H groups in total. The van der Waals surface area contributed by atoms with Crippen molar-refractivity contribution < 1.29 is 23.8 Å². The number of anilines is 1. The van der Waals surface area contributed by atoms with E-state index in [1.54, 1.807) is 24.3 Å². The van der Waals surface area contributed by atoms with Gasteiger partial charge in [-0.1, -0.05) is 45.9 Å². The van der Waals surface area contributed by atoms with Crippen LogP contribution in [0.1, 0.15) is 57.6 Å². The third-order valence-electron chi connectivity index (χ3n) is 4.49. The van der Waals surface area contributed by atoms with Crippen LogP contribution in [0.4, 0.5) is 5.69 Å². The third-order valence-corrected chi connectivity index (χ3v) is 4.49. The maximum Gasteiger partial charge on any atom is 0.344 e. The van der Waals surface area contributed by atoms with Crippen LogP contribution in [-0.2, 0) is 14.3 Å². The Morgan fingerprint density at radius 1 is 0.833 bits per heavy atom. The van der Waals surface area contributed by atoms with E-state index in [-0.39, 0.29) is 31.0 Å². The van der Waals surface area contributed by atoms with Crippen LogP contribution >= 0.6 is 0 Å². The van der Waals surface area contributed by atoms with Crippen LogP contribution in [0.5, 0.6) is 11.5 Å². The van der Waals surface area contributed by atoms with Gasteiger partial charge in [0.2, 0.25) is 0 Å². The van der Waals surface area contributed by atoms with E-state index in [4.69, 9.17) is 14.2 Å². The van der Waals surface area contributed by atoms with Crippen molar-refractivity contribution in [3.05, 3.63) is 53.6 Å². The lowest BCUT2D eigenvalue weighted by atomic mass is 9.92. The van der Waals surface area contributed by atoms with Crippen LogP contribution in [0, 0.1) is 0 Å². The lowest BCUT2D eigenvalue weighted by Gasteiger charge is -2.20. The molecule has 1 amide bonds. The second-order valence-corrected chi connectivity index (χ2v) is 7.52. The number of esters is 1. The lowest BCUT2D eigenvalue weighted by Crippen LogP contribution is -2.24. The number of ether oxygens (including phenoxy) is 3. The Bertz CT molecular complexity index is 817. The maximum atomic E-state index is 12.4. The number of carbonyl (C=O) groups excluding carboxylic acids is 2. The van der Waals surface area contributed by atoms with E-state index in [1.165, 1.54) is 0 Å². The second kappa shape index (κ2) is 11.2. The fraction of sp³-hybridized carbons (Fsp3) is 0.417. The van der Waals surface area contributed by atoms with Gasteiger partial charge in [0, 0.05) is 5.69 Å². The Morgan fingerprint density at radius 2 is 1.37 bits per heavy atom. The summed E-state index contributed by atoms with van der Waals surface area (Å²) in [7, 11) is 0. The number of benzene rings is 2. The summed E-state index contributed by atoms with van der Waals surface area (Å²) < 4.78 is 15.8. The Hall–Kier alpha value is -3.02. The number of hydrogen-bond donors (Lipinski definition) is 1. The van der Waals surface area contributed by atoms with Gasteiger partial charge in [-0.15, -0.1) is 0 Å². The third kappa shape index (κ3) is 6.79. The smallest absolute Gasteiger partial charge is 0.344 e. The number of rotatable bonds is 10. The van der Waals surface area contributed by atoms with Gasteiger partial charge in [0.1, 0.15) is 11.5 Å². The molecule has 2 aromatic carbocycles. The summed E-state index contributed by atoms with van der Waals surface area (Å²) in [6.45, 7) is 10.1. The highest BCUT2D eigenvalue weighted by atomic mass is 16.6. The first-order valence-corrected chi connectivity index (χ1v) is 10.3. The molecule has 0 aliphatic carbocycles. The fourth-order valence-electron chi connectivity index (χ4n) is 3.00. The number of carbonyl (C=O) groups is 2. The molecule has 2 rings (SSSR count). The molecule has 0 radical (unpaired) electrons. The molecule has 0 aliphatic heterocycles. The van der Waals surface area contributed by atoms with E-state index in [2.05, 4.69) is 33.0 Å². The molecule has 6 nitrogen and oxygen atoms in total. The van der Waals surface area contributed by atoms with Gasteiger partial charge in [0.25, 0.3) is 5.91 Å². The zero-order valence-electron chi connectivity index (χ0n) is 18.4. The van der Waals surface area contributed by atoms with Crippen LogP contribution < -0.4 is 14.8 Å². The van der Waals surface area contributed by atoms with Crippen molar-refractivity contribution >= 4 is 17.6 Å². The molecule has 30 heavy (non-hydrogen) atoms. The van der Waals surface area contributed by atoms with Gasteiger partial charge in [-0.05, 0) is 54.2 Å². The first kappa shape index (κ1) is 23.3. The summed E-state index contributed by atoms with van der Waals surface area (Å²) >= 11 is 0. The van der Waals surface area contributed by atoms with Crippen LogP contribution in [0.3, 0.4) is 0 Å². The van der Waals surface area contributed by atoms with Crippen molar-refractivity contribution in [1.82, 2.24) is 0 Å². The van der Waals surface area contributed by atoms with Crippen molar-refractivity contribution in [2.75, 3.05) is 25.1 Å². The predicted octanol–water partition coefficient (Wildman–Crippen LogP) is 4.89. The van der Waals surface area contributed by atoms with E-state index in [1.807, 2.05) is 25.1 Å². The van der Waals surface area contributed by atoms with Gasteiger partial charge in [-0.2, -0.15) is 0 Å². The highest BCUT2D eigenvalue weighted by molar-refractivity contribution is 5.94. The van der Waals surface area contributed by atoms with Gasteiger partial charge < -0.3 is 19.5 Å².